The number of nitrogens with zero attached hydrogens (tertiary/aromatic N) is 4. The van der Waals surface area contributed by atoms with E-state index in [0.29, 0.717) is 18.8 Å². The molecule has 0 saturated carbocycles. The molecule has 162 valence electrons. The van der Waals surface area contributed by atoms with Crippen LogP contribution < -0.4 is 4.74 Å². The van der Waals surface area contributed by atoms with Gasteiger partial charge in [-0.25, -0.2) is 18.4 Å². The summed E-state index contributed by atoms with van der Waals surface area (Å²) < 4.78 is 35.4. The first-order valence-corrected chi connectivity index (χ1v) is 12.5. The van der Waals surface area contributed by atoms with Crippen molar-refractivity contribution < 1.29 is 13.2 Å². The second-order valence-corrected chi connectivity index (χ2v) is 9.92. The summed E-state index contributed by atoms with van der Waals surface area (Å²) >= 11 is 1.63. The molecule has 0 N–H and O–H groups in total. The number of thioether (sulfide) groups is 1. The van der Waals surface area contributed by atoms with Crippen molar-refractivity contribution in [2.75, 3.05) is 26.0 Å². The van der Waals surface area contributed by atoms with Crippen molar-refractivity contribution in [3.8, 4) is 17.0 Å². The number of ether oxygens (including phenoxy) is 1. The van der Waals surface area contributed by atoms with Crippen LogP contribution >= 0.6 is 11.8 Å². The predicted octanol–water partition coefficient (Wildman–Crippen LogP) is 4.33. The highest BCUT2D eigenvalue weighted by Gasteiger charge is 2.27. The first-order chi connectivity index (χ1) is 14.5. The van der Waals surface area contributed by atoms with Gasteiger partial charge in [0.2, 0.25) is 10.0 Å². The first-order valence-electron chi connectivity index (χ1n) is 10.1. The largest absolute Gasteiger partial charge is 0.495 e. The molecule has 9 heteroatoms. The molecule has 0 bridgehead atoms. The van der Waals surface area contributed by atoms with Crippen molar-refractivity contribution in [3.63, 3.8) is 0 Å². The van der Waals surface area contributed by atoms with Gasteiger partial charge in [-0.15, -0.1) is 0 Å². The Hall–Kier alpha value is -2.10. The van der Waals surface area contributed by atoms with Gasteiger partial charge in [-0.2, -0.15) is 4.31 Å². The van der Waals surface area contributed by atoms with Crippen molar-refractivity contribution in [2.45, 2.75) is 43.7 Å². The molecule has 1 aromatic carbocycles. The third kappa shape index (κ3) is 4.48. The summed E-state index contributed by atoms with van der Waals surface area (Å²) in [6.07, 6.45) is 5.14. The van der Waals surface area contributed by atoms with Gasteiger partial charge >= 0.3 is 0 Å². The Kier molecular flexibility index (Phi) is 7.38. The number of sulfonamides is 1. The second kappa shape index (κ2) is 9.80. The van der Waals surface area contributed by atoms with Crippen LogP contribution in [0.1, 0.15) is 33.6 Å². The molecule has 0 unspecified atom stereocenters. The van der Waals surface area contributed by atoms with E-state index in [-0.39, 0.29) is 4.90 Å². The van der Waals surface area contributed by atoms with E-state index in [9.17, 15) is 8.42 Å². The maximum atomic E-state index is 13.2. The van der Waals surface area contributed by atoms with Crippen LogP contribution in [0.25, 0.3) is 16.9 Å². The van der Waals surface area contributed by atoms with Gasteiger partial charge in [0.05, 0.1) is 12.8 Å². The minimum absolute atomic E-state index is 0.181. The van der Waals surface area contributed by atoms with E-state index >= 15 is 0 Å². The Morgan fingerprint density at radius 3 is 2.50 bits per heavy atom. The first kappa shape index (κ1) is 22.6. The third-order valence-electron chi connectivity index (χ3n) is 4.65. The SMILES string of the molecule is CCCN(CCC)S(=O)(=O)c1ccc(-c2cc3nccn3c(SCC)n2)cc1OC. The number of benzene rings is 1. The van der Waals surface area contributed by atoms with E-state index in [2.05, 4.69) is 11.9 Å². The van der Waals surface area contributed by atoms with E-state index < -0.39 is 10.0 Å². The number of methoxy groups -OCH3 is 1. The van der Waals surface area contributed by atoms with Gasteiger partial charge in [-0.3, -0.25) is 4.40 Å². The maximum absolute atomic E-state index is 13.2. The summed E-state index contributed by atoms with van der Waals surface area (Å²) in [5, 5.41) is 0.843. The van der Waals surface area contributed by atoms with Gasteiger partial charge in [-0.1, -0.05) is 38.6 Å². The average Bonchev–Trinajstić information content (AvgIpc) is 3.22. The fourth-order valence-electron chi connectivity index (χ4n) is 3.30. The van der Waals surface area contributed by atoms with Crippen molar-refractivity contribution in [3.05, 3.63) is 36.7 Å². The minimum atomic E-state index is -3.64. The molecule has 0 aliphatic carbocycles. The highest BCUT2D eigenvalue weighted by atomic mass is 32.2. The molecule has 0 radical (unpaired) electrons. The zero-order valence-electron chi connectivity index (χ0n) is 17.8. The number of rotatable bonds is 10. The van der Waals surface area contributed by atoms with Gasteiger partial charge in [-0.05, 0) is 30.7 Å². The van der Waals surface area contributed by atoms with E-state index in [1.807, 2.05) is 30.5 Å². The molecule has 0 atom stereocenters. The molecular formula is C21H28N4O3S2. The van der Waals surface area contributed by atoms with Gasteiger partial charge in [0, 0.05) is 37.1 Å². The second-order valence-electron chi connectivity index (χ2n) is 6.78. The molecule has 3 aromatic rings. The zero-order valence-corrected chi connectivity index (χ0v) is 19.5. The van der Waals surface area contributed by atoms with Crippen molar-refractivity contribution in [1.82, 2.24) is 18.7 Å². The molecule has 2 aromatic heterocycles. The lowest BCUT2D eigenvalue weighted by Crippen LogP contribution is -2.32. The number of fused-ring (bicyclic) bond motifs is 1. The van der Waals surface area contributed by atoms with Gasteiger partial charge in [0.25, 0.3) is 0 Å². The Morgan fingerprint density at radius 1 is 1.13 bits per heavy atom. The van der Waals surface area contributed by atoms with Crippen molar-refractivity contribution in [2.24, 2.45) is 0 Å². The molecule has 0 saturated heterocycles. The van der Waals surface area contributed by atoms with Gasteiger partial charge in [0.15, 0.2) is 5.16 Å². The van der Waals surface area contributed by atoms with Crippen LogP contribution in [0.2, 0.25) is 0 Å². The summed E-state index contributed by atoms with van der Waals surface area (Å²) in [5.74, 6) is 1.20. The number of hydrogen-bond acceptors (Lipinski definition) is 6. The highest BCUT2D eigenvalue weighted by Crippen LogP contribution is 2.32. The predicted molar refractivity (Wildman–Crippen MR) is 121 cm³/mol. The van der Waals surface area contributed by atoms with E-state index in [4.69, 9.17) is 9.72 Å². The molecule has 0 fully saturated rings. The Morgan fingerprint density at radius 2 is 1.87 bits per heavy atom. The Labute approximate surface area is 182 Å². The summed E-state index contributed by atoms with van der Waals surface area (Å²) in [6, 6.07) is 7.04. The summed E-state index contributed by atoms with van der Waals surface area (Å²) in [6.45, 7) is 6.99. The zero-order chi connectivity index (χ0) is 21.7. The lowest BCUT2D eigenvalue weighted by Gasteiger charge is -2.22. The molecule has 2 heterocycles. The standard InChI is InChI=1S/C21H28N4O3S2/c1-5-11-24(12-6-2)30(26,27)19-9-8-16(14-18(19)28-4)17-15-20-22-10-13-25(20)21(23-17)29-7-3/h8-10,13-15H,5-7,11-12H2,1-4H3. The van der Waals surface area contributed by atoms with Crippen molar-refractivity contribution in [1.29, 1.82) is 0 Å². The monoisotopic (exact) mass is 448 g/mol. The van der Waals surface area contributed by atoms with Crippen LogP contribution in [0, 0.1) is 0 Å². The lowest BCUT2D eigenvalue weighted by atomic mass is 10.1. The van der Waals surface area contributed by atoms with Crippen LogP contribution in [-0.4, -0.2) is 53.0 Å². The van der Waals surface area contributed by atoms with E-state index in [0.717, 1.165) is 40.7 Å². The molecule has 3 rings (SSSR count). The molecule has 0 spiro atoms. The van der Waals surface area contributed by atoms with Gasteiger partial charge in [0.1, 0.15) is 16.3 Å². The molecular weight excluding hydrogens is 420 g/mol. The van der Waals surface area contributed by atoms with E-state index in [1.165, 1.54) is 11.4 Å². The molecule has 0 aliphatic heterocycles. The fraction of sp³-hybridized carbons (Fsp3) is 0.429. The van der Waals surface area contributed by atoms with Crippen molar-refractivity contribution >= 4 is 27.4 Å². The smallest absolute Gasteiger partial charge is 0.246 e. The lowest BCUT2D eigenvalue weighted by molar-refractivity contribution is 0.387. The summed E-state index contributed by atoms with van der Waals surface area (Å²) in [4.78, 5) is 9.33. The number of aromatic nitrogens is 3. The van der Waals surface area contributed by atoms with Crippen LogP contribution in [0.3, 0.4) is 0 Å². The minimum Gasteiger partial charge on any atom is -0.495 e. The molecule has 30 heavy (non-hydrogen) atoms. The van der Waals surface area contributed by atoms with Crippen LogP contribution in [0.15, 0.2) is 46.7 Å². The van der Waals surface area contributed by atoms with Crippen LogP contribution in [0.4, 0.5) is 0 Å². The maximum Gasteiger partial charge on any atom is 0.246 e. The summed E-state index contributed by atoms with van der Waals surface area (Å²) in [5.41, 5.74) is 2.31. The number of imidazole rings is 1. The quantitative estimate of drug-likeness (QED) is 0.339. The fourth-order valence-corrected chi connectivity index (χ4v) is 5.78. The summed E-state index contributed by atoms with van der Waals surface area (Å²) in [7, 11) is -2.15. The topological polar surface area (TPSA) is 76.8 Å². The highest BCUT2D eigenvalue weighted by molar-refractivity contribution is 7.99. The molecule has 0 amide bonds. The normalized spacial score (nSPS) is 12.0. The third-order valence-corrected chi connectivity index (χ3v) is 7.43. The van der Waals surface area contributed by atoms with E-state index in [1.54, 1.807) is 36.2 Å². The molecule has 0 aliphatic rings. The Balaban J connectivity index is 2.07. The average molecular weight is 449 g/mol. The van der Waals surface area contributed by atoms with Gasteiger partial charge < -0.3 is 4.74 Å². The Bertz CT molecular complexity index is 1110. The van der Waals surface area contributed by atoms with Crippen LogP contribution in [-0.2, 0) is 10.0 Å². The number of hydrogen-bond donors (Lipinski definition) is 0. The van der Waals surface area contributed by atoms with Crippen LogP contribution in [0.5, 0.6) is 5.75 Å². The molecule has 7 nitrogen and oxygen atoms in total.